The number of nitrogens with zero attached hydrogens (tertiary/aromatic N) is 2. The van der Waals surface area contributed by atoms with Crippen LogP contribution in [0.4, 0.5) is 4.79 Å². The summed E-state index contributed by atoms with van der Waals surface area (Å²) in [6, 6.07) is 0.127. The molecule has 0 radical (unpaired) electrons. The van der Waals surface area contributed by atoms with E-state index < -0.39 is 0 Å². The van der Waals surface area contributed by atoms with Gasteiger partial charge in [0.25, 0.3) is 0 Å². The van der Waals surface area contributed by atoms with Crippen LogP contribution in [0.3, 0.4) is 0 Å². The van der Waals surface area contributed by atoms with Crippen molar-refractivity contribution in [3.63, 3.8) is 0 Å². The number of piperidine rings is 1. The fourth-order valence-electron chi connectivity index (χ4n) is 2.07. The van der Waals surface area contributed by atoms with Gasteiger partial charge in [0, 0.05) is 19.6 Å². The Labute approximate surface area is 105 Å². The quantitative estimate of drug-likeness (QED) is 0.745. The second-order valence-corrected chi connectivity index (χ2v) is 5.41. The average Bonchev–Trinajstić information content (AvgIpc) is 2.29. The van der Waals surface area contributed by atoms with Gasteiger partial charge in [0.05, 0.1) is 0 Å². The molecule has 100 valence electrons. The molecule has 0 aromatic carbocycles. The highest BCUT2D eigenvalue weighted by Gasteiger charge is 2.19. The van der Waals surface area contributed by atoms with Crippen LogP contribution in [0.1, 0.15) is 32.6 Å². The molecule has 1 fully saturated rings. The molecule has 0 aromatic rings. The second-order valence-electron chi connectivity index (χ2n) is 5.41. The number of likely N-dealkylation sites (tertiary alicyclic amines) is 1. The van der Waals surface area contributed by atoms with E-state index in [4.69, 9.17) is 0 Å². The summed E-state index contributed by atoms with van der Waals surface area (Å²) in [6.07, 6.45) is 4.50. The van der Waals surface area contributed by atoms with Crippen LogP contribution in [-0.4, -0.2) is 56.1 Å². The summed E-state index contributed by atoms with van der Waals surface area (Å²) in [7, 11) is 4.15. The molecule has 1 aliphatic heterocycles. The van der Waals surface area contributed by atoms with Crippen molar-refractivity contribution in [3.05, 3.63) is 0 Å². The van der Waals surface area contributed by atoms with E-state index in [-0.39, 0.29) is 6.03 Å². The number of unbranched alkanes of at least 4 members (excludes halogenated alkanes) is 1. The molecule has 0 unspecified atom stereocenters. The third-order valence-electron chi connectivity index (χ3n) is 3.38. The van der Waals surface area contributed by atoms with Crippen molar-refractivity contribution in [2.75, 3.05) is 40.3 Å². The number of carbonyl (C=O) groups excluding carboxylic acids is 1. The average molecular weight is 241 g/mol. The summed E-state index contributed by atoms with van der Waals surface area (Å²) in [5.74, 6) is 0.777. The predicted octanol–water partition coefficient (Wildman–Crippen LogP) is 1.77. The Morgan fingerprint density at radius 3 is 2.53 bits per heavy atom. The summed E-state index contributed by atoms with van der Waals surface area (Å²) in [5.41, 5.74) is 0. The maximum absolute atomic E-state index is 11.8. The first-order valence-corrected chi connectivity index (χ1v) is 6.77. The first kappa shape index (κ1) is 14.3. The number of hydrogen-bond acceptors (Lipinski definition) is 2. The van der Waals surface area contributed by atoms with Crippen LogP contribution in [0.25, 0.3) is 0 Å². The van der Waals surface area contributed by atoms with Gasteiger partial charge in [0.15, 0.2) is 0 Å². The number of hydrogen-bond donors (Lipinski definition) is 1. The number of carbonyl (C=O) groups is 1. The zero-order chi connectivity index (χ0) is 12.7. The fourth-order valence-corrected chi connectivity index (χ4v) is 2.07. The molecule has 4 heteroatoms. The van der Waals surface area contributed by atoms with Gasteiger partial charge in [-0.3, -0.25) is 0 Å². The molecule has 0 bridgehead atoms. The Kier molecular flexibility index (Phi) is 6.34. The van der Waals surface area contributed by atoms with E-state index in [9.17, 15) is 4.79 Å². The monoisotopic (exact) mass is 241 g/mol. The van der Waals surface area contributed by atoms with E-state index in [2.05, 4.69) is 31.2 Å². The smallest absolute Gasteiger partial charge is 0.317 e. The summed E-state index contributed by atoms with van der Waals surface area (Å²) in [4.78, 5) is 15.9. The van der Waals surface area contributed by atoms with E-state index in [1.165, 1.54) is 0 Å². The van der Waals surface area contributed by atoms with Crippen molar-refractivity contribution in [2.45, 2.75) is 32.6 Å². The Balaban J connectivity index is 2.05. The number of urea groups is 1. The molecular formula is C13H27N3O. The van der Waals surface area contributed by atoms with Gasteiger partial charge in [0.2, 0.25) is 0 Å². The van der Waals surface area contributed by atoms with Crippen molar-refractivity contribution in [3.8, 4) is 0 Å². The van der Waals surface area contributed by atoms with Gasteiger partial charge in [-0.05, 0) is 52.2 Å². The predicted molar refractivity (Wildman–Crippen MR) is 71.2 cm³/mol. The van der Waals surface area contributed by atoms with Crippen LogP contribution in [0, 0.1) is 5.92 Å². The zero-order valence-electron chi connectivity index (χ0n) is 11.5. The molecule has 4 nitrogen and oxygen atoms in total. The molecule has 17 heavy (non-hydrogen) atoms. The normalized spacial score (nSPS) is 17.5. The molecule has 1 heterocycles. The van der Waals surface area contributed by atoms with Gasteiger partial charge < -0.3 is 15.1 Å². The third-order valence-corrected chi connectivity index (χ3v) is 3.38. The first-order valence-electron chi connectivity index (χ1n) is 6.77. The van der Waals surface area contributed by atoms with Gasteiger partial charge in [-0.25, -0.2) is 4.79 Å². The van der Waals surface area contributed by atoms with E-state index in [0.29, 0.717) is 0 Å². The first-order chi connectivity index (χ1) is 8.09. The lowest BCUT2D eigenvalue weighted by atomic mass is 10.00. The van der Waals surface area contributed by atoms with Crippen molar-refractivity contribution >= 4 is 6.03 Å². The fraction of sp³-hybridized carbons (Fsp3) is 0.923. The molecular weight excluding hydrogens is 214 g/mol. The van der Waals surface area contributed by atoms with Crippen molar-refractivity contribution in [1.82, 2.24) is 15.1 Å². The summed E-state index contributed by atoms with van der Waals surface area (Å²) in [6.45, 7) is 6.00. The second kappa shape index (κ2) is 7.54. The maximum Gasteiger partial charge on any atom is 0.317 e. The molecule has 1 rings (SSSR count). The zero-order valence-corrected chi connectivity index (χ0v) is 11.5. The molecule has 2 amide bonds. The van der Waals surface area contributed by atoms with Crippen molar-refractivity contribution < 1.29 is 4.79 Å². The topological polar surface area (TPSA) is 35.6 Å². The molecule has 0 atom stereocenters. The minimum Gasteiger partial charge on any atom is -0.338 e. The minimum atomic E-state index is 0.127. The molecule has 1 N–H and O–H groups in total. The van der Waals surface area contributed by atoms with Crippen LogP contribution in [0.2, 0.25) is 0 Å². The third kappa shape index (κ3) is 5.91. The highest BCUT2D eigenvalue weighted by atomic mass is 16.2. The van der Waals surface area contributed by atoms with E-state index in [1.54, 1.807) is 0 Å². The number of nitrogens with one attached hydrogen (secondary N) is 1. The SMILES string of the molecule is CC1CCN(C(=O)NCCCCN(C)C)CC1. The molecule has 0 saturated carbocycles. The van der Waals surface area contributed by atoms with Crippen LogP contribution in [0.5, 0.6) is 0 Å². The molecule has 0 aromatic heterocycles. The highest BCUT2D eigenvalue weighted by molar-refractivity contribution is 5.74. The van der Waals surface area contributed by atoms with Gasteiger partial charge in [-0.1, -0.05) is 6.92 Å². The van der Waals surface area contributed by atoms with Crippen LogP contribution < -0.4 is 5.32 Å². The summed E-state index contributed by atoms with van der Waals surface area (Å²) < 4.78 is 0. The Bertz CT molecular complexity index is 223. The largest absolute Gasteiger partial charge is 0.338 e. The standard InChI is InChI=1S/C13H27N3O/c1-12-6-10-16(11-7-12)13(17)14-8-4-5-9-15(2)3/h12H,4-11H2,1-3H3,(H,14,17). The lowest BCUT2D eigenvalue weighted by Gasteiger charge is -2.30. The van der Waals surface area contributed by atoms with Gasteiger partial charge >= 0.3 is 6.03 Å². The van der Waals surface area contributed by atoms with E-state index in [1.807, 2.05) is 4.90 Å². The van der Waals surface area contributed by atoms with Crippen LogP contribution in [-0.2, 0) is 0 Å². The minimum absolute atomic E-state index is 0.127. The van der Waals surface area contributed by atoms with Crippen molar-refractivity contribution in [1.29, 1.82) is 0 Å². The molecule has 0 aliphatic carbocycles. The van der Waals surface area contributed by atoms with Crippen LogP contribution in [0.15, 0.2) is 0 Å². The van der Waals surface area contributed by atoms with Gasteiger partial charge in [0.1, 0.15) is 0 Å². The molecule has 1 aliphatic rings. The Hall–Kier alpha value is -0.770. The maximum atomic E-state index is 11.8. The highest BCUT2D eigenvalue weighted by Crippen LogP contribution is 2.15. The van der Waals surface area contributed by atoms with E-state index in [0.717, 1.165) is 57.8 Å². The lowest BCUT2D eigenvalue weighted by Crippen LogP contribution is -2.44. The van der Waals surface area contributed by atoms with Crippen molar-refractivity contribution in [2.24, 2.45) is 5.92 Å². The van der Waals surface area contributed by atoms with E-state index >= 15 is 0 Å². The number of amides is 2. The summed E-state index contributed by atoms with van der Waals surface area (Å²) in [5, 5.41) is 3.01. The lowest BCUT2D eigenvalue weighted by molar-refractivity contribution is 0.174. The Morgan fingerprint density at radius 2 is 1.94 bits per heavy atom. The molecule has 0 spiro atoms. The van der Waals surface area contributed by atoms with Gasteiger partial charge in [-0.15, -0.1) is 0 Å². The Morgan fingerprint density at radius 1 is 1.29 bits per heavy atom. The van der Waals surface area contributed by atoms with Crippen LogP contribution >= 0.6 is 0 Å². The van der Waals surface area contributed by atoms with Gasteiger partial charge in [-0.2, -0.15) is 0 Å². The molecule has 1 saturated heterocycles. The summed E-state index contributed by atoms with van der Waals surface area (Å²) >= 11 is 0. The number of rotatable bonds is 5.